The van der Waals surface area contributed by atoms with Crippen LogP contribution in [-0.4, -0.2) is 17.1 Å². The van der Waals surface area contributed by atoms with Gasteiger partial charge in [0.15, 0.2) is 11.6 Å². The monoisotopic (exact) mass is 295 g/mol. The smallest absolute Gasteiger partial charge is 0.165 e. The maximum Gasteiger partial charge on any atom is 0.165 e. The highest BCUT2D eigenvalue weighted by molar-refractivity contribution is 6.30. The van der Waals surface area contributed by atoms with Gasteiger partial charge in [0.25, 0.3) is 0 Å². The molecular formula is C14H15ClFN3O. The molecule has 106 valence electrons. The van der Waals surface area contributed by atoms with Crippen LogP contribution in [0.25, 0.3) is 0 Å². The first-order valence-electron chi connectivity index (χ1n) is 6.25. The van der Waals surface area contributed by atoms with Gasteiger partial charge in [0, 0.05) is 17.3 Å². The summed E-state index contributed by atoms with van der Waals surface area (Å²) in [5.74, 6) is 0.389. The average molecular weight is 296 g/mol. The molecule has 0 aliphatic heterocycles. The van der Waals surface area contributed by atoms with Gasteiger partial charge in [-0.05, 0) is 18.6 Å². The van der Waals surface area contributed by atoms with E-state index in [0.717, 1.165) is 18.4 Å². The highest BCUT2D eigenvalue weighted by atomic mass is 35.5. The second kappa shape index (κ2) is 6.52. The van der Waals surface area contributed by atoms with Gasteiger partial charge < -0.3 is 10.1 Å². The summed E-state index contributed by atoms with van der Waals surface area (Å²) in [6, 6.07) is 4.52. The Hall–Kier alpha value is -1.88. The normalized spacial score (nSPS) is 10.4. The number of nitrogens with zero attached hydrogens (tertiary/aromatic N) is 2. The van der Waals surface area contributed by atoms with Crippen molar-refractivity contribution in [1.82, 2.24) is 9.97 Å². The molecular weight excluding hydrogens is 281 g/mol. The van der Waals surface area contributed by atoms with Crippen LogP contribution in [0.1, 0.15) is 18.9 Å². The number of methoxy groups -OCH3 is 1. The van der Waals surface area contributed by atoms with E-state index in [4.69, 9.17) is 16.3 Å². The summed E-state index contributed by atoms with van der Waals surface area (Å²) in [6.45, 7) is 2.05. The second-order valence-corrected chi connectivity index (χ2v) is 4.57. The van der Waals surface area contributed by atoms with Crippen molar-refractivity contribution in [3.8, 4) is 5.75 Å². The largest absolute Gasteiger partial charge is 0.494 e. The summed E-state index contributed by atoms with van der Waals surface area (Å²) >= 11 is 6.08. The van der Waals surface area contributed by atoms with E-state index in [1.165, 1.54) is 19.5 Å². The van der Waals surface area contributed by atoms with E-state index in [9.17, 15) is 4.39 Å². The Morgan fingerprint density at radius 1 is 1.35 bits per heavy atom. The molecule has 1 heterocycles. The van der Waals surface area contributed by atoms with Gasteiger partial charge in [0.1, 0.15) is 17.3 Å². The zero-order valence-corrected chi connectivity index (χ0v) is 12.0. The second-order valence-electron chi connectivity index (χ2n) is 4.22. The molecule has 0 unspecified atom stereocenters. The third kappa shape index (κ3) is 3.17. The zero-order chi connectivity index (χ0) is 14.5. The van der Waals surface area contributed by atoms with Gasteiger partial charge in [-0.2, -0.15) is 0 Å². The standard InChI is InChI=1S/C14H15ClFN3O/c1-3-4-10-13(15)17-8-18-14(10)19-9-5-6-11(16)12(7-9)20-2/h5-8H,3-4H2,1-2H3,(H,17,18,19). The number of anilines is 2. The SMILES string of the molecule is CCCc1c(Cl)ncnc1Nc1ccc(F)c(OC)c1. The third-order valence-electron chi connectivity index (χ3n) is 2.81. The van der Waals surface area contributed by atoms with Crippen LogP contribution in [0, 0.1) is 5.82 Å². The molecule has 0 saturated carbocycles. The van der Waals surface area contributed by atoms with E-state index in [1.807, 2.05) is 6.92 Å². The lowest BCUT2D eigenvalue weighted by molar-refractivity contribution is 0.387. The minimum atomic E-state index is -0.410. The minimum absolute atomic E-state index is 0.173. The predicted octanol–water partition coefficient (Wildman–Crippen LogP) is 3.97. The van der Waals surface area contributed by atoms with Crippen LogP contribution in [0.3, 0.4) is 0 Å². The first-order chi connectivity index (χ1) is 9.65. The van der Waals surface area contributed by atoms with Crippen molar-refractivity contribution in [3.05, 3.63) is 41.1 Å². The van der Waals surface area contributed by atoms with Crippen LogP contribution < -0.4 is 10.1 Å². The molecule has 2 rings (SSSR count). The Bertz CT molecular complexity index is 607. The highest BCUT2D eigenvalue weighted by Crippen LogP contribution is 2.27. The van der Waals surface area contributed by atoms with Crippen molar-refractivity contribution in [1.29, 1.82) is 0 Å². The van der Waals surface area contributed by atoms with E-state index < -0.39 is 5.82 Å². The summed E-state index contributed by atoms with van der Waals surface area (Å²) in [6.07, 6.45) is 3.08. The summed E-state index contributed by atoms with van der Waals surface area (Å²) in [7, 11) is 1.42. The van der Waals surface area contributed by atoms with Gasteiger partial charge in [0.05, 0.1) is 7.11 Å². The molecule has 6 heteroatoms. The van der Waals surface area contributed by atoms with E-state index in [2.05, 4.69) is 15.3 Å². The Balaban J connectivity index is 2.32. The number of ether oxygens (including phenoxy) is 1. The molecule has 0 spiro atoms. The van der Waals surface area contributed by atoms with Gasteiger partial charge in [-0.1, -0.05) is 24.9 Å². The van der Waals surface area contributed by atoms with Crippen molar-refractivity contribution >= 4 is 23.1 Å². The molecule has 1 aromatic carbocycles. The first-order valence-corrected chi connectivity index (χ1v) is 6.63. The zero-order valence-electron chi connectivity index (χ0n) is 11.3. The Kier molecular flexibility index (Phi) is 4.74. The molecule has 2 aromatic rings. The van der Waals surface area contributed by atoms with Gasteiger partial charge in [-0.3, -0.25) is 0 Å². The maximum atomic E-state index is 13.4. The number of hydrogen-bond donors (Lipinski definition) is 1. The lowest BCUT2D eigenvalue weighted by atomic mass is 10.2. The molecule has 20 heavy (non-hydrogen) atoms. The fourth-order valence-electron chi connectivity index (χ4n) is 1.84. The van der Waals surface area contributed by atoms with Crippen molar-refractivity contribution in [2.24, 2.45) is 0 Å². The van der Waals surface area contributed by atoms with Crippen LogP contribution in [0.4, 0.5) is 15.9 Å². The topological polar surface area (TPSA) is 47.0 Å². The van der Waals surface area contributed by atoms with Gasteiger partial charge in [-0.25, -0.2) is 14.4 Å². The molecule has 0 atom stereocenters. The average Bonchev–Trinajstić information content (AvgIpc) is 2.44. The summed E-state index contributed by atoms with van der Waals surface area (Å²) in [4.78, 5) is 8.17. The molecule has 1 aromatic heterocycles. The third-order valence-corrected chi connectivity index (χ3v) is 3.13. The number of halogens is 2. The number of benzene rings is 1. The quantitative estimate of drug-likeness (QED) is 0.848. The Morgan fingerprint density at radius 3 is 2.85 bits per heavy atom. The summed E-state index contributed by atoms with van der Waals surface area (Å²) in [5.41, 5.74) is 1.52. The molecule has 0 saturated heterocycles. The molecule has 4 nitrogen and oxygen atoms in total. The summed E-state index contributed by atoms with van der Waals surface area (Å²) in [5, 5.41) is 3.55. The van der Waals surface area contributed by atoms with Gasteiger partial charge >= 0.3 is 0 Å². The lowest BCUT2D eigenvalue weighted by Crippen LogP contribution is -2.02. The van der Waals surface area contributed by atoms with Crippen LogP contribution in [0.2, 0.25) is 5.15 Å². The van der Waals surface area contributed by atoms with E-state index in [-0.39, 0.29) is 5.75 Å². The van der Waals surface area contributed by atoms with Gasteiger partial charge in [0.2, 0.25) is 0 Å². The van der Waals surface area contributed by atoms with Crippen LogP contribution in [-0.2, 0) is 6.42 Å². The Morgan fingerprint density at radius 2 is 2.15 bits per heavy atom. The fourth-order valence-corrected chi connectivity index (χ4v) is 2.07. The summed E-state index contributed by atoms with van der Waals surface area (Å²) < 4.78 is 18.3. The van der Waals surface area contributed by atoms with Crippen molar-refractivity contribution in [2.75, 3.05) is 12.4 Å². The molecule has 0 bridgehead atoms. The van der Waals surface area contributed by atoms with Crippen molar-refractivity contribution in [2.45, 2.75) is 19.8 Å². The maximum absolute atomic E-state index is 13.4. The molecule has 1 N–H and O–H groups in total. The lowest BCUT2D eigenvalue weighted by Gasteiger charge is -2.12. The van der Waals surface area contributed by atoms with Crippen molar-refractivity contribution in [3.63, 3.8) is 0 Å². The van der Waals surface area contributed by atoms with E-state index >= 15 is 0 Å². The van der Waals surface area contributed by atoms with Gasteiger partial charge in [-0.15, -0.1) is 0 Å². The number of nitrogens with one attached hydrogen (secondary N) is 1. The minimum Gasteiger partial charge on any atom is -0.494 e. The highest BCUT2D eigenvalue weighted by Gasteiger charge is 2.10. The van der Waals surface area contributed by atoms with Crippen LogP contribution >= 0.6 is 11.6 Å². The van der Waals surface area contributed by atoms with Crippen LogP contribution in [0.5, 0.6) is 5.75 Å². The number of hydrogen-bond acceptors (Lipinski definition) is 4. The number of rotatable bonds is 5. The Labute approximate surface area is 122 Å². The predicted molar refractivity (Wildman–Crippen MR) is 77.3 cm³/mol. The number of aromatic nitrogens is 2. The molecule has 0 aliphatic carbocycles. The van der Waals surface area contributed by atoms with Crippen LogP contribution in [0.15, 0.2) is 24.5 Å². The molecule has 0 fully saturated rings. The van der Waals surface area contributed by atoms with E-state index in [1.54, 1.807) is 12.1 Å². The fraction of sp³-hybridized carbons (Fsp3) is 0.286. The molecule has 0 amide bonds. The van der Waals surface area contributed by atoms with E-state index in [0.29, 0.717) is 16.7 Å². The van der Waals surface area contributed by atoms with Crippen molar-refractivity contribution < 1.29 is 9.13 Å². The first kappa shape index (κ1) is 14.5. The molecule has 0 aliphatic rings. The molecule has 0 radical (unpaired) electrons.